The van der Waals surface area contributed by atoms with Crippen LogP contribution in [0.5, 0.6) is 0 Å². The normalized spacial score (nSPS) is 46.3. The first-order chi connectivity index (χ1) is 10.8. The summed E-state index contributed by atoms with van der Waals surface area (Å²) in [5, 5.41) is 21.4. The van der Waals surface area contributed by atoms with Crippen LogP contribution in [0, 0.1) is 16.7 Å². The maximum atomic E-state index is 12.8. The minimum Gasteiger partial charge on any atom is -0.507 e. The highest BCUT2D eigenvalue weighted by Crippen LogP contribution is 2.65. The molecule has 1 unspecified atom stereocenters. The number of ketones is 1. The van der Waals surface area contributed by atoms with Gasteiger partial charge in [-0.3, -0.25) is 4.79 Å². The summed E-state index contributed by atoms with van der Waals surface area (Å²) in [6.07, 6.45) is 6.24. The van der Waals surface area contributed by atoms with Gasteiger partial charge in [-0.05, 0) is 24.3 Å². The van der Waals surface area contributed by atoms with Gasteiger partial charge in [0.25, 0.3) is 0 Å². The molecule has 1 saturated heterocycles. The largest absolute Gasteiger partial charge is 0.507 e. The van der Waals surface area contributed by atoms with Crippen molar-refractivity contribution in [1.29, 1.82) is 0 Å². The van der Waals surface area contributed by atoms with E-state index >= 15 is 0 Å². The van der Waals surface area contributed by atoms with E-state index in [1.54, 1.807) is 0 Å². The van der Waals surface area contributed by atoms with E-state index in [0.29, 0.717) is 18.4 Å². The van der Waals surface area contributed by atoms with E-state index in [1.165, 1.54) is 0 Å². The summed E-state index contributed by atoms with van der Waals surface area (Å²) in [6, 6.07) is 0. The minimum absolute atomic E-state index is 0.0590. The van der Waals surface area contributed by atoms with E-state index in [4.69, 9.17) is 4.74 Å². The summed E-state index contributed by atoms with van der Waals surface area (Å²) in [4.78, 5) is 12.8. The molecule has 0 amide bonds. The quantitative estimate of drug-likeness (QED) is 0.674. The SMILES string of the molecule is CC1(C)C2=C(CC1O)C(O)=C1C(=O)C[C@@H]3C[C@@]1(C=C2)C[C@]31CO1. The highest BCUT2D eigenvalue weighted by molar-refractivity contribution is 6.00. The maximum absolute atomic E-state index is 12.8. The second-order valence-electron chi connectivity index (χ2n) is 8.61. The van der Waals surface area contributed by atoms with Crippen molar-refractivity contribution in [2.45, 2.75) is 51.2 Å². The van der Waals surface area contributed by atoms with Crippen LogP contribution in [0.4, 0.5) is 0 Å². The molecular formula is C19H22O4. The molecule has 4 nitrogen and oxygen atoms in total. The topological polar surface area (TPSA) is 70.1 Å². The molecule has 0 radical (unpaired) electrons. The monoisotopic (exact) mass is 314 g/mol. The van der Waals surface area contributed by atoms with Crippen LogP contribution in [0.25, 0.3) is 0 Å². The van der Waals surface area contributed by atoms with Gasteiger partial charge in [0.15, 0.2) is 5.78 Å². The standard InChI is InChI=1S/C19H22O4/c1-17(2)12-3-4-18-7-10(19(8-18)9-23-19)5-13(20)15(18)16(22)11(12)6-14(17)21/h3-4,10,14,21-22H,5-9H2,1-2H3/t10-,14?,18+,19+/m1/s1. The Balaban J connectivity index is 1.72. The molecule has 2 bridgehead atoms. The Bertz CT molecular complexity index is 734. The Morgan fingerprint density at radius 3 is 2.74 bits per heavy atom. The lowest BCUT2D eigenvalue weighted by atomic mass is 9.70. The van der Waals surface area contributed by atoms with Crippen molar-refractivity contribution in [1.82, 2.24) is 0 Å². The summed E-state index contributed by atoms with van der Waals surface area (Å²) in [6.45, 7) is 4.74. The van der Waals surface area contributed by atoms with Crippen LogP contribution in [-0.2, 0) is 9.53 Å². The number of fused-ring (bicyclic) bond motifs is 2. The molecule has 4 heteroatoms. The van der Waals surface area contributed by atoms with Crippen LogP contribution in [0.15, 0.2) is 34.6 Å². The number of Topliss-reactive ketones (excluding diaryl/α,β-unsaturated/α-hetero) is 1. The van der Waals surface area contributed by atoms with Gasteiger partial charge in [-0.1, -0.05) is 26.0 Å². The molecule has 5 rings (SSSR count). The molecule has 1 heterocycles. The van der Waals surface area contributed by atoms with Gasteiger partial charge in [0.05, 0.1) is 18.3 Å². The lowest BCUT2D eigenvalue weighted by Gasteiger charge is -2.32. The van der Waals surface area contributed by atoms with Crippen LogP contribution in [-0.4, -0.2) is 34.3 Å². The number of carbonyl (C=O) groups excluding carboxylic acids is 1. The van der Waals surface area contributed by atoms with Crippen molar-refractivity contribution in [3.63, 3.8) is 0 Å². The molecular weight excluding hydrogens is 292 g/mol. The highest BCUT2D eigenvalue weighted by atomic mass is 16.6. The Kier molecular flexibility index (Phi) is 2.32. The van der Waals surface area contributed by atoms with Gasteiger partial charge in [-0.25, -0.2) is 0 Å². The van der Waals surface area contributed by atoms with Gasteiger partial charge in [-0.15, -0.1) is 0 Å². The van der Waals surface area contributed by atoms with Crippen LogP contribution in [0.3, 0.4) is 0 Å². The van der Waals surface area contributed by atoms with Crippen molar-refractivity contribution in [2.24, 2.45) is 16.7 Å². The Morgan fingerprint density at radius 1 is 1.30 bits per heavy atom. The molecule has 2 saturated carbocycles. The van der Waals surface area contributed by atoms with E-state index in [9.17, 15) is 15.0 Å². The van der Waals surface area contributed by atoms with Gasteiger partial charge in [0.2, 0.25) is 0 Å². The molecule has 0 aromatic heterocycles. The maximum Gasteiger partial charge on any atom is 0.163 e. The van der Waals surface area contributed by atoms with E-state index < -0.39 is 11.5 Å². The fourth-order valence-corrected chi connectivity index (χ4v) is 5.50. The smallest absolute Gasteiger partial charge is 0.163 e. The summed E-state index contributed by atoms with van der Waals surface area (Å²) in [7, 11) is 0. The van der Waals surface area contributed by atoms with E-state index in [2.05, 4.69) is 12.2 Å². The fraction of sp³-hybridized carbons (Fsp3) is 0.632. The van der Waals surface area contributed by atoms with Crippen molar-refractivity contribution in [2.75, 3.05) is 6.61 Å². The number of allylic oxidation sites excluding steroid dienone is 4. The lowest BCUT2D eigenvalue weighted by Crippen LogP contribution is -2.30. The second kappa shape index (κ2) is 3.81. The molecule has 4 atom stereocenters. The predicted octanol–water partition coefficient (Wildman–Crippen LogP) is 2.59. The lowest BCUT2D eigenvalue weighted by molar-refractivity contribution is -0.118. The third kappa shape index (κ3) is 1.52. The third-order valence-corrected chi connectivity index (χ3v) is 7.03. The van der Waals surface area contributed by atoms with Crippen LogP contribution in [0.2, 0.25) is 0 Å². The summed E-state index contributed by atoms with van der Waals surface area (Å²) >= 11 is 0. The minimum atomic E-state index is -0.526. The summed E-state index contributed by atoms with van der Waals surface area (Å²) in [5.41, 5.74) is 1.39. The molecule has 0 aromatic carbocycles. The van der Waals surface area contributed by atoms with E-state index in [-0.39, 0.29) is 28.5 Å². The number of carbonyl (C=O) groups is 1. The zero-order valence-corrected chi connectivity index (χ0v) is 13.6. The zero-order valence-electron chi connectivity index (χ0n) is 13.6. The van der Waals surface area contributed by atoms with E-state index in [1.807, 2.05) is 13.8 Å². The highest BCUT2D eigenvalue weighted by Gasteiger charge is 2.67. The van der Waals surface area contributed by atoms with Gasteiger partial charge in [0, 0.05) is 34.8 Å². The van der Waals surface area contributed by atoms with Crippen LogP contribution in [0.1, 0.15) is 39.5 Å². The van der Waals surface area contributed by atoms with E-state index in [0.717, 1.165) is 30.6 Å². The Hall–Kier alpha value is -1.39. The Labute approximate surface area is 135 Å². The van der Waals surface area contributed by atoms with Crippen molar-refractivity contribution < 1.29 is 19.7 Å². The predicted molar refractivity (Wildman–Crippen MR) is 83.7 cm³/mol. The van der Waals surface area contributed by atoms with Gasteiger partial charge in [-0.2, -0.15) is 0 Å². The number of epoxide rings is 1. The number of rotatable bonds is 0. The molecule has 2 spiro atoms. The van der Waals surface area contributed by atoms with Gasteiger partial charge >= 0.3 is 0 Å². The van der Waals surface area contributed by atoms with Crippen molar-refractivity contribution in [3.8, 4) is 0 Å². The van der Waals surface area contributed by atoms with Crippen molar-refractivity contribution >= 4 is 5.78 Å². The number of aliphatic hydroxyl groups is 2. The van der Waals surface area contributed by atoms with Gasteiger partial charge < -0.3 is 14.9 Å². The first kappa shape index (κ1) is 14.0. The average molecular weight is 314 g/mol. The molecule has 0 aromatic rings. The first-order valence-corrected chi connectivity index (χ1v) is 8.51. The summed E-state index contributed by atoms with van der Waals surface area (Å²) in [5.74, 6) is 0.474. The molecule has 3 fully saturated rings. The van der Waals surface area contributed by atoms with Crippen LogP contribution < -0.4 is 0 Å². The van der Waals surface area contributed by atoms with Crippen molar-refractivity contribution in [3.05, 3.63) is 34.6 Å². The number of hydrogen-bond acceptors (Lipinski definition) is 4. The third-order valence-electron chi connectivity index (χ3n) is 7.03. The number of hydrogen-bond donors (Lipinski definition) is 2. The second-order valence-corrected chi connectivity index (χ2v) is 8.61. The molecule has 1 aliphatic heterocycles. The number of aliphatic hydroxyl groups excluding tert-OH is 2. The number of ether oxygens (including phenoxy) is 1. The molecule has 4 aliphatic carbocycles. The fourth-order valence-electron chi connectivity index (χ4n) is 5.50. The average Bonchev–Trinajstić information content (AvgIpc) is 3.15. The zero-order chi connectivity index (χ0) is 16.2. The first-order valence-electron chi connectivity index (χ1n) is 8.51. The summed E-state index contributed by atoms with van der Waals surface area (Å²) < 4.78 is 5.75. The van der Waals surface area contributed by atoms with Gasteiger partial charge in [0.1, 0.15) is 5.76 Å². The molecule has 23 heavy (non-hydrogen) atoms. The molecule has 2 N–H and O–H groups in total. The molecule has 5 aliphatic rings. The Morgan fingerprint density at radius 2 is 2.04 bits per heavy atom. The van der Waals surface area contributed by atoms with Crippen LogP contribution >= 0.6 is 0 Å². The molecule has 122 valence electrons.